The number of fused-ring (bicyclic) bond motifs is 5. The number of hydrogen-bond donors (Lipinski definition) is 0. The van der Waals surface area contributed by atoms with Gasteiger partial charge in [0.15, 0.2) is 5.78 Å². The maximum atomic E-state index is 14.6. The van der Waals surface area contributed by atoms with Crippen LogP contribution in [0.1, 0.15) is 27.5 Å². The summed E-state index contributed by atoms with van der Waals surface area (Å²) in [5.41, 5.74) is 1.60. The van der Waals surface area contributed by atoms with E-state index in [9.17, 15) is 23.2 Å². The predicted octanol–water partition coefficient (Wildman–Crippen LogP) is 3.73. The summed E-state index contributed by atoms with van der Waals surface area (Å²) < 4.78 is 28.1. The number of carbonyl (C=O) groups excluding carboxylic acids is 3. The Kier molecular flexibility index (Phi) is 4.45. The number of para-hydroxylation sites is 1. The molecule has 4 atom stereocenters. The molecular formula is C26H17F2N3O3. The van der Waals surface area contributed by atoms with Crippen LogP contribution < -0.4 is 4.90 Å². The molecule has 168 valence electrons. The summed E-state index contributed by atoms with van der Waals surface area (Å²) >= 11 is 0. The van der Waals surface area contributed by atoms with Gasteiger partial charge in [-0.3, -0.25) is 19.4 Å². The maximum absolute atomic E-state index is 14.6. The highest BCUT2D eigenvalue weighted by Gasteiger charge is 2.65. The molecule has 0 aromatic heterocycles. The molecule has 2 saturated heterocycles. The lowest BCUT2D eigenvalue weighted by Crippen LogP contribution is -2.44. The third-order valence-electron chi connectivity index (χ3n) is 6.78. The smallest absolute Gasteiger partial charge is 0.240 e. The van der Waals surface area contributed by atoms with Crippen LogP contribution >= 0.6 is 0 Å². The summed E-state index contributed by atoms with van der Waals surface area (Å²) in [7, 11) is 0. The van der Waals surface area contributed by atoms with Gasteiger partial charge >= 0.3 is 0 Å². The van der Waals surface area contributed by atoms with Crippen LogP contribution in [-0.2, 0) is 9.59 Å². The van der Waals surface area contributed by atoms with Crippen molar-refractivity contribution in [2.45, 2.75) is 12.1 Å². The third-order valence-corrected chi connectivity index (χ3v) is 6.78. The van der Waals surface area contributed by atoms with Gasteiger partial charge in [0.05, 0.1) is 29.8 Å². The molecule has 3 aromatic carbocycles. The number of imide groups is 1. The lowest BCUT2D eigenvalue weighted by Gasteiger charge is -2.33. The Labute approximate surface area is 193 Å². The van der Waals surface area contributed by atoms with Gasteiger partial charge in [-0.15, -0.1) is 0 Å². The molecule has 0 N–H and O–H groups in total. The predicted molar refractivity (Wildman–Crippen MR) is 119 cm³/mol. The average molecular weight is 457 g/mol. The van der Waals surface area contributed by atoms with Crippen molar-refractivity contribution in [1.82, 2.24) is 5.01 Å². The van der Waals surface area contributed by atoms with E-state index in [0.717, 1.165) is 16.0 Å². The number of halogens is 2. The average Bonchev–Trinajstić information content (AvgIpc) is 3.32. The van der Waals surface area contributed by atoms with Crippen molar-refractivity contribution >= 4 is 29.5 Å². The van der Waals surface area contributed by atoms with Gasteiger partial charge in [0.2, 0.25) is 11.8 Å². The van der Waals surface area contributed by atoms with E-state index in [1.807, 2.05) is 24.3 Å². The van der Waals surface area contributed by atoms with Crippen molar-refractivity contribution in [3.05, 3.63) is 101 Å². The van der Waals surface area contributed by atoms with E-state index in [4.69, 9.17) is 0 Å². The number of rotatable bonds is 3. The van der Waals surface area contributed by atoms with Gasteiger partial charge in [-0.2, -0.15) is 5.10 Å². The van der Waals surface area contributed by atoms with Crippen LogP contribution in [-0.4, -0.2) is 34.9 Å². The Morgan fingerprint density at radius 1 is 0.824 bits per heavy atom. The summed E-state index contributed by atoms with van der Waals surface area (Å²) in [4.78, 5) is 41.8. The second-order valence-electron chi connectivity index (χ2n) is 8.53. The van der Waals surface area contributed by atoms with Crippen LogP contribution in [0.4, 0.5) is 14.5 Å². The second kappa shape index (κ2) is 7.41. The fraction of sp³-hybridized carbons (Fsp3) is 0.154. The highest BCUT2D eigenvalue weighted by Crippen LogP contribution is 2.53. The van der Waals surface area contributed by atoms with Crippen molar-refractivity contribution < 1.29 is 23.2 Å². The van der Waals surface area contributed by atoms with Crippen molar-refractivity contribution in [1.29, 1.82) is 0 Å². The van der Waals surface area contributed by atoms with E-state index in [1.54, 1.807) is 12.3 Å². The normalized spacial score (nSPS) is 24.8. The quantitative estimate of drug-likeness (QED) is 0.444. The summed E-state index contributed by atoms with van der Waals surface area (Å²) in [6.45, 7) is 0. The van der Waals surface area contributed by atoms with Crippen LogP contribution in [0, 0.1) is 23.5 Å². The molecular weight excluding hydrogens is 440 g/mol. The SMILES string of the molecule is O=C(c1ccc(F)cc1)[C@@H]1[C@@H]2C(=O)N(c3ccccc3F)C(=O)[C@H]2[C@@H]2c3ccccc3C=NN12. The molecule has 2 amide bonds. The number of amides is 2. The minimum atomic E-state index is -1.10. The van der Waals surface area contributed by atoms with Gasteiger partial charge in [-0.25, -0.2) is 13.7 Å². The number of hydrogen-bond acceptors (Lipinski definition) is 5. The minimum Gasteiger partial charge on any atom is -0.292 e. The molecule has 0 unspecified atom stereocenters. The Bertz CT molecular complexity index is 1390. The van der Waals surface area contributed by atoms with E-state index in [0.29, 0.717) is 0 Å². The molecule has 8 heteroatoms. The first-order valence-corrected chi connectivity index (χ1v) is 10.8. The summed E-state index contributed by atoms with van der Waals surface area (Å²) in [6.07, 6.45) is 1.60. The Morgan fingerprint density at radius 2 is 1.50 bits per heavy atom. The van der Waals surface area contributed by atoms with Gasteiger partial charge in [-0.05, 0) is 47.5 Å². The molecule has 3 heterocycles. The van der Waals surface area contributed by atoms with Gasteiger partial charge < -0.3 is 0 Å². The van der Waals surface area contributed by atoms with Crippen molar-refractivity contribution in [2.24, 2.45) is 16.9 Å². The molecule has 0 aliphatic carbocycles. The first-order valence-electron chi connectivity index (χ1n) is 10.8. The number of benzene rings is 3. The zero-order valence-corrected chi connectivity index (χ0v) is 17.6. The largest absolute Gasteiger partial charge is 0.292 e. The second-order valence-corrected chi connectivity index (χ2v) is 8.53. The monoisotopic (exact) mass is 457 g/mol. The van der Waals surface area contributed by atoms with Crippen molar-refractivity contribution in [3.63, 3.8) is 0 Å². The van der Waals surface area contributed by atoms with Crippen LogP contribution in [0.2, 0.25) is 0 Å². The molecule has 6 nitrogen and oxygen atoms in total. The summed E-state index contributed by atoms with van der Waals surface area (Å²) in [5.74, 6) is -4.88. The molecule has 34 heavy (non-hydrogen) atoms. The minimum absolute atomic E-state index is 0.140. The lowest BCUT2D eigenvalue weighted by atomic mass is 9.83. The molecule has 0 saturated carbocycles. The van der Waals surface area contributed by atoms with Crippen LogP contribution in [0.5, 0.6) is 0 Å². The highest BCUT2D eigenvalue weighted by molar-refractivity contribution is 6.24. The maximum Gasteiger partial charge on any atom is 0.240 e. The first-order chi connectivity index (χ1) is 16.5. The number of Topliss-reactive ketones (excluding diaryl/α,β-unsaturated/α-hetero) is 1. The van der Waals surface area contributed by atoms with E-state index in [2.05, 4.69) is 5.10 Å². The topological polar surface area (TPSA) is 70.0 Å². The van der Waals surface area contributed by atoms with Crippen molar-refractivity contribution in [3.8, 4) is 0 Å². The molecule has 3 aliphatic rings. The zero-order valence-electron chi connectivity index (χ0n) is 17.6. The van der Waals surface area contributed by atoms with Gasteiger partial charge in [0.1, 0.15) is 17.7 Å². The molecule has 3 aromatic rings. The molecule has 6 rings (SSSR count). The van der Waals surface area contributed by atoms with E-state index >= 15 is 0 Å². The number of anilines is 1. The standard InChI is InChI=1S/C26H17F2N3O3/c27-16-11-9-14(10-12-16)24(32)23-21-20(22-17-6-2-1-5-15(17)13-29-31(22)23)25(33)30(26(21)34)19-8-4-3-7-18(19)28/h1-13,20-23H/t20-,21-,22+,23+/m1/s1. The molecule has 0 spiro atoms. The Balaban J connectivity index is 1.51. The Morgan fingerprint density at radius 3 is 2.26 bits per heavy atom. The summed E-state index contributed by atoms with van der Waals surface area (Å²) in [6, 6.07) is 16.1. The van der Waals surface area contributed by atoms with Crippen LogP contribution in [0.15, 0.2) is 77.9 Å². The number of ketones is 1. The number of carbonyl (C=O) groups is 3. The molecule has 0 bridgehead atoms. The lowest BCUT2D eigenvalue weighted by molar-refractivity contribution is -0.124. The number of nitrogens with zero attached hydrogens (tertiary/aromatic N) is 3. The van der Waals surface area contributed by atoms with E-state index in [1.165, 1.54) is 47.5 Å². The molecule has 3 aliphatic heterocycles. The molecule has 2 fully saturated rings. The first kappa shape index (κ1) is 20.4. The zero-order chi connectivity index (χ0) is 23.6. The highest BCUT2D eigenvalue weighted by atomic mass is 19.1. The summed E-state index contributed by atoms with van der Waals surface area (Å²) in [5, 5.41) is 5.97. The third kappa shape index (κ3) is 2.78. The van der Waals surface area contributed by atoms with E-state index in [-0.39, 0.29) is 11.3 Å². The van der Waals surface area contributed by atoms with Crippen molar-refractivity contribution in [2.75, 3.05) is 4.90 Å². The van der Waals surface area contributed by atoms with Crippen LogP contribution in [0.3, 0.4) is 0 Å². The van der Waals surface area contributed by atoms with E-state index < -0.39 is 53.2 Å². The van der Waals surface area contributed by atoms with Gasteiger partial charge in [0.25, 0.3) is 0 Å². The molecule has 0 radical (unpaired) electrons. The van der Waals surface area contributed by atoms with Crippen LogP contribution in [0.25, 0.3) is 0 Å². The van der Waals surface area contributed by atoms with Gasteiger partial charge in [-0.1, -0.05) is 36.4 Å². The van der Waals surface area contributed by atoms with Gasteiger partial charge in [0, 0.05) is 5.56 Å². The fourth-order valence-corrected chi connectivity index (χ4v) is 5.32. The number of hydrazone groups is 1. The fourth-order valence-electron chi connectivity index (χ4n) is 5.32. The Hall–Kier alpha value is -4.20.